The molecule has 4 unspecified atom stereocenters. The van der Waals surface area contributed by atoms with Gasteiger partial charge in [0.2, 0.25) is 0 Å². The fraction of sp³-hybridized carbons (Fsp3) is 0.388. The summed E-state index contributed by atoms with van der Waals surface area (Å²) >= 11 is 0. The summed E-state index contributed by atoms with van der Waals surface area (Å²) < 4.78 is 5.49. The van der Waals surface area contributed by atoms with E-state index in [4.69, 9.17) is 0 Å². The highest BCUT2D eigenvalue weighted by molar-refractivity contribution is 7.01. The van der Waals surface area contributed by atoms with Crippen LogP contribution in [0.3, 0.4) is 0 Å². The average Bonchev–Trinajstić information content (AvgIpc) is 1.49. The van der Waals surface area contributed by atoms with E-state index in [0.717, 1.165) is 6.42 Å². The highest BCUT2D eigenvalue weighted by Gasteiger charge is 2.62. The first-order valence-electron chi connectivity index (χ1n) is 54.0. The third-order valence-corrected chi connectivity index (χ3v) is 38.4. The molecule has 0 saturated heterocycles. The van der Waals surface area contributed by atoms with Crippen LogP contribution >= 0.6 is 0 Å². The summed E-state index contributed by atoms with van der Waals surface area (Å²) in [6.07, 6.45) is 12.2. The van der Waals surface area contributed by atoms with Crippen LogP contribution in [0, 0.1) is 13.8 Å². The molecule has 5 aliphatic carbocycles. The van der Waals surface area contributed by atoms with Crippen LogP contribution in [0.15, 0.2) is 237 Å². The van der Waals surface area contributed by atoms with Gasteiger partial charge in [-0.05, 0) is 323 Å². The lowest BCUT2D eigenvalue weighted by Crippen LogP contribution is -2.61. The van der Waals surface area contributed by atoms with Crippen molar-refractivity contribution in [3.05, 3.63) is 320 Å². The molecule has 6 aliphatic heterocycles. The summed E-state index contributed by atoms with van der Waals surface area (Å²) in [5.41, 5.74) is 56.0. The molecular weight excluding hydrogens is 1720 g/mol. The molecule has 15 aromatic rings. The normalized spacial score (nSPS) is 21.5. The second kappa shape index (κ2) is 29.6. The summed E-state index contributed by atoms with van der Waals surface area (Å²) in [4.78, 5) is 11.0. The minimum absolute atomic E-state index is 0.0138. The standard InChI is InChI=1S/C68H72BN3.C66H74BN3/c1-41-34-57-60-58(35-41)71-61-49(59-47-24-18-19-25-50(47)66(11,12)62(59)71)37-45(65(8,9)10)39-53(61)69(60)52-29-28-46(72-55-31-27-44(64(5,6)7)38-51(55)67(13)32-20-21-33-68(67,72)14)40-56(52)70(57)54-30-26-43(63(2,3)4)36-48(54)42-22-16-15-17-23-42;1-39-32-54-57-55(33-39)69-58-45(56-44-20-16-17-21-46(44)64(12,13)59(56)69)34-41(61(5,6)7)36-51(58)67(57)50-26-24-43(38-53(50)68(54)42-23-25-47-48(37-42)63(10,11)31-30-62(47,8)9)70-52-27-22-40(60(2,3)4)35-49(52)65(14)28-18-19-29-66(65,70)15/h15-19,22-31,34-40H,20-21,32-33H2,1-14H3;16-17,20-27,32-38H,18-19,28-31H2,1-15H3. The van der Waals surface area contributed by atoms with Gasteiger partial charge in [-0.3, -0.25) is 0 Å². The van der Waals surface area contributed by atoms with Gasteiger partial charge in [-0.2, -0.15) is 0 Å². The van der Waals surface area contributed by atoms with Crippen molar-refractivity contribution in [3.8, 4) is 44.8 Å². The number of hydrogen-bond acceptors (Lipinski definition) is 4. The number of fused-ring (bicyclic) bond motifs is 25. The molecule has 4 atom stereocenters. The second-order valence-electron chi connectivity index (χ2n) is 53.9. The smallest absolute Gasteiger partial charge is 0.252 e. The maximum atomic E-state index is 2.82. The molecule has 13 aromatic carbocycles. The lowest BCUT2D eigenvalue weighted by molar-refractivity contribution is 0.195. The summed E-state index contributed by atoms with van der Waals surface area (Å²) in [7, 11) is 0. The number of aromatic nitrogens is 2. The Hall–Kier alpha value is -11.7. The fourth-order valence-electron chi connectivity index (χ4n) is 30.0. The van der Waals surface area contributed by atoms with E-state index in [0.29, 0.717) is 0 Å². The monoisotopic (exact) mass is 1860 g/mol. The lowest BCUT2D eigenvalue weighted by Gasteiger charge is -2.50. The number of hydrogen-bond donors (Lipinski definition) is 0. The van der Waals surface area contributed by atoms with Crippen molar-refractivity contribution in [1.29, 1.82) is 0 Å². The Morgan fingerprint density at radius 1 is 0.268 bits per heavy atom. The van der Waals surface area contributed by atoms with E-state index in [-0.39, 0.29) is 84.1 Å². The lowest BCUT2D eigenvalue weighted by atomic mass is 9.33. The molecule has 6 nitrogen and oxygen atoms in total. The van der Waals surface area contributed by atoms with Gasteiger partial charge in [0, 0.05) is 134 Å². The molecule has 718 valence electrons. The predicted octanol–water partition coefficient (Wildman–Crippen LogP) is 31.7. The Morgan fingerprint density at radius 3 is 1.11 bits per heavy atom. The van der Waals surface area contributed by atoms with E-state index in [1.165, 1.54) is 298 Å². The van der Waals surface area contributed by atoms with Crippen LogP contribution < -0.4 is 52.4 Å². The Bertz CT molecular complexity index is 8010. The van der Waals surface area contributed by atoms with Crippen LogP contribution in [0.4, 0.5) is 56.9 Å². The Morgan fingerprint density at radius 2 is 0.655 bits per heavy atom. The van der Waals surface area contributed by atoms with Crippen LogP contribution in [0.1, 0.15) is 335 Å². The van der Waals surface area contributed by atoms with Crippen molar-refractivity contribution in [1.82, 2.24) is 9.13 Å². The van der Waals surface area contributed by atoms with Gasteiger partial charge in [-0.25, -0.2) is 0 Å². The average molecular weight is 1860 g/mol. The van der Waals surface area contributed by atoms with E-state index in [1.807, 2.05) is 0 Å². The van der Waals surface area contributed by atoms with Gasteiger partial charge in [-0.1, -0.05) is 338 Å². The van der Waals surface area contributed by atoms with Crippen LogP contribution in [0.5, 0.6) is 0 Å². The van der Waals surface area contributed by atoms with E-state index < -0.39 is 0 Å². The molecule has 11 aliphatic rings. The zero-order valence-electron chi connectivity index (χ0n) is 90.4. The highest BCUT2D eigenvalue weighted by Crippen LogP contribution is 2.66. The van der Waals surface area contributed by atoms with Crippen molar-refractivity contribution in [3.63, 3.8) is 0 Å². The summed E-state index contributed by atoms with van der Waals surface area (Å²) in [5.74, 6) is 0. The van der Waals surface area contributed by atoms with Crippen molar-refractivity contribution in [2.75, 3.05) is 19.6 Å². The van der Waals surface area contributed by atoms with Gasteiger partial charge in [0.15, 0.2) is 0 Å². The molecule has 0 radical (unpaired) electrons. The zero-order chi connectivity index (χ0) is 99.6. The van der Waals surface area contributed by atoms with E-state index in [9.17, 15) is 0 Å². The topological polar surface area (TPSA) is 22.8 Å². The minimum atomic E-state index is -0.207. The number of rotatable bonds is 5. The van der Waals surface area contributed by atoms with Gasteiger partial charge in [-0.15, -0.1) is 0 Å². The van der Waals surface area contributed by atoms with Crippen molar-refractivity contribution >= 4 is 125 Å². The number of benzene rings is 13. The molecule has 2 fully saturated rings. The first kappa shape index (κ1) is 91.5. The molecule has 26 rings (SSSR count). The Balaban J connectivity index is 0.000000149. The first-order chi connectivity index (χ1) is 66.9. The van der Waals surface area contributed by atoms with Crippen LogP contribution in [-0.2, 0) is 59.6 Å². The Kier molecular flexibility index (Phi) is 19.0. The summed E-state index contributed by atoms with van der Waals surface area (Å²) in [6.45, 7) is 70.5. The molecule has 0 bridgehead atoms. The molecule has 2 saturated carbocycles. The number of aryl methyl sites for hydroxylation is 2. The molecule has 0 N–H and O–H groups in total. The predicted molar refractivity (Wildman–Crippen MR) is 610 cm³/mol. The summed E-state index contributed by atoms with van der Waals surface area (Å²) in [5, 5.41) is 2.79. The van der Waals surface area contributed by atoms with Crippen LogP contribution in [-0.4, -0.2) is 33.6 Å². The minimum Gasteiger partial charge on any atom is -0.334 e. The first-order valence-corrected chi connectivity index (χ1v) is 54.0. The highest BCUT2D eigenvalue weighted by atomic mass is 15.3. The molecular formula is C134H146B2N6. The molecule has 8 heterocycles. The molecule has 2 aromatic heterocycles. The SMILES string of the molecule is Cc1cc2c3c(c1)-n1c4c(c5cc(C(C)(C)C)cc(c51)B3c1ccc(N3c5ccc(C(C)(C)C)cc5C5(C)CCCCC35C)cc1N2c1ccc(C(C)(C)C)cc1-c1ccccc1)-c1ccccc1C4(C)C.Cc1cc2c3c(c1)-n1c4c(c5cc(C(C)(C)C)cc(c51)B3c1ccc(N3c5ccc(C(C)(C)C)cc5C5(C)CCCCC35C)cc1N2c1ccc2c(c1)C(C)(C)CCC2(C)C)-c1ccccc1C4(C)C. The van der Waals surface area contributed by atoms with Gasteiger partial charge < -0.3 is 28.7 Å². The second-order valence-corrected chi connectivity index (χ2v) is 53.9. The van der Waals surface area contributed by atoms with E-state index >= 15 is 0 Å². The molecule has 0 spiro atoms. The van der Waals surface area contributed by atoms with Crippen molar-refractivity contribution < 1.29 is 0 Å². The number of nitrogens with zero attached hydrogens (tertiary/aromatic N) is 6. The largest absolute Gasteiger partial charge is 0.334 e. The fourth-order valence-corrected chi connectivity index (χ4v) is 30.0. The third-order valence-electron chi connectivity index (χ3n) is 38.4. The maximum absolute atomic E-state index is 2.82. The Labute approximate surface area is 848 Å². The number of anilines is 10. The van der Waals surface area contributed by atoms with Crippen LogP contribution in [0.25, 0.3) is 66.6 Å². The van der Waals surface area contributed by atoms with Gasteiger partial charge >= 0.3 is 0 Å². The molecule has 0 amide bonds. The quantitative estimate of drug-likeness (QED) is 0.160. The van der Waals surface area contributed by atoms with E-state index in [2.05, 4.69) is 466 Å². The van der Waals surface area contributed by atoms with Crippen molar-refractivity contribution in [2.24, 2.45) is 0 Å². The van der Waals surface area contributed by atoms with Gasteiger partial charge in [0.25, 0.3) is 13.4 Å². The van der Waals surface area contributed by atoms with Gasteiger partial charge in [0.1, 0.15) is 0 Å². The van der Waals surface area contributed by atoms with Gasteiger partial charge in [0.05, 0.1) is 16.8 Å². The zero-order valence-corrected chi connectivity index (χ0v) is 90.4. The third kappa shape index (κ3) is 12.4. The summed E-state index contributed by atoms with van der Waals surface area (Å²) in [6, 6.07) is 95.6. The molecule has 142 heavy (non-hydrogen) atoms. The van der Waals surface area contributed by atoms with Crippen LogP contribution in [0.2, 0.25) is 0 Å². The molecule has 8 heteroatoms. The van der Waals surface area contributed by atoms with Crippen molar-refractivity contribution in [2.45, 2.75) is 336 Å². The maximum Gasteiger partial charge on any atom is 0.252 e. The van der Waals surface area contributed by atoms with E-state index in [1.54, 1.807) is 0 Å².